The zero-order valence-corrected chi connectivity index (χ0v) is 26.2. The summed E-state index contributed by atoms with van der Waals surface area (Å²) in [6.45, 7) is 0.647. The lowest BCUT2D eigenvalue weighted by atomic mass is 9.83. The lowest BCUT2D eigenvalue weighted by molar-refractivity contribution is -0.140. The summed E-state index contributed by atoms with van der Waals surface area (Å²) < 4.78 is 64.5. The molecule has 3 amide bonds. The summed E-state index contributed by atoms with van der Waals surface area (Å²) in [4.78, 5) is 47.1. The van der Waals surface area contributed by atoms with Gasteiger partial charge in [0, 0.05) is 29.8 Å². The lowest BCUT2D eigenvalue weighted by Crippen LogP contribution is -2.48. The van der Waals surface area contributed by atoms with Crippen molar-refractivity contribution in [3.63, 3.8) is 0 Å². The van der Waals surface area contributed by atoms with E-state index in [2.05, 4.69) is 21.9 Å². The summed E-state index contributed by atoms with van der Waals surface area (Å²) in [6.07, 6.45) is -0.0151. The largest absolute Gasteiger partial charge is 0.496 e. The fraction of sp³-hybridized carbons (Fsp3) is 0.471. The normalized spacial score (nSPS) is 28.2. The number of fused-ring (bicyclic) bond motifs is 3. The van der Waals surface area contributed by atoms with Gasteiger partial charge in [-0.2, -0.15) is 13.2 Å². The molecule has 2 aromatic carbocycles. The highest BCUT2D eigenvalue weighted by Crippen LogP contribution is 2.54. The lowest BCUT2D eigenvalue weighted by Gasteiger charge is -2.30. The third kappa shape index (κ3) is 5.74. The third-order valence-corrected chi connectivity index (χ3v) is 10.2. The van der Waals surface area contributed by atoms with Gasteiger partial charge < -0.3 is 29.8 Å². The first-order valence-electron chi connectivity index (χ1n) is 15.9. The van der Waals surface area contributed by atoms with Gasteiger partial charge in [0.2, 0.25) is 5.91 Å². The number of ether oxygens (including phenoxy) is 2. The van der Waals surface area contributed by atoms with E-state index >= 15 is 0 Å². The van der Waals surface area contributed by atoms with E-state index in [1.54, 1.807) is 18.2 Å². The number of hydrogen-bond donors (Lipinski definition) is 2. The summed E-state index contributed by atoms with van der Waals surface area (Å²) in [5.41, 5.74) is 0.823. The van der Waals surface area contributed by atoms with Crippen LogP contribution in [0, 0.1) is 35.4 Å². The maximum Gasteiger partial charge on any atom is 0.419 e. The minimum Gasteiger partial charge on any atom is -0.496 e. The highest BCUT2D eigenvalue weighted by atomic mass is 19.4. The van der Waals surface area contributed by atoms with Gasteiger partial charge in [-0.3, -0.25) is 9.59 Å². The molecule has 5 aliphatic rings. The van der Waals surface area contributed by atoms with Crippen LogP contribution in [0.2, 0.25) is 0 Å². The Morgan fingerprint density at radius 1 is 1.00 bits per heavy atom. The number of rotatable bonds is 7. The number of likely N-dealkylation sites (tertiary alicyclic amines) is 1. The summed E-state index contributed by atoms with van der Waals surface area (Å²) in [5.74, 6) is -3.08. The van der Waals surface area contributed by atoms with E-state index in [1.807, 2.05) is 0 Å². The van der Waals surface area contributed by atoms with E-state index in [4.69, 9.17) is 14.3 Å². The first-order chi connectivity index (χ1) is 23.0. The molecular weight excluding hydrogens is 636 g/mol. The number of anilines is 1. The molecule has 2 aliphatic heterocycles. The van der Waals surface area contributed by atoms with Crippen LogP contribution in [0.4, 0.5) is 28.0 Å². The van der Waals surface area contributed by atoms with Crippen molar-refractivity contribution in [2.24, 2.45) is 34.7 Å². The van der Waals surface area contributed by atoms with Gasteiger partial charge in [-0.1, -0.05) is 16.8 Å². The predicted octanol–water partition coefficient (Wildman–Crippen LogP) is 5.38. The van der Waals surface area contributed by atoms with Crippen LogP contribution in [-0.4, -0.2) is 68.0 Å². The molecule has 2 aromatic rings. The molecule has 3 aliphatic carbocycles. The number of methoxy groups -OCH3 is 2. The molecule has 6 atom stereocenters. The highest BCUT2D eigenvalue weighted by Gasteiger charge is 2.55. The van der Waals surface area contributed by atoms with E-state index < -0.39 is 47.4 Å². The van der Waals surface area contributed by atoms with Crippen molar-refractivity contribution < 1.29 is 46.3 Å². The zero-order valence-electron chi connectivity index (χ0n) is 26.2. The van der Waals surface area contributed by atoms with Crippen LogP contribution < -0.4 is 15.4 Å². The molecule has 0 aromatic heterocycles. The molecule has 2 heterocycles. The highest BCUT2D eigenvalue weighted by molar-refractivity contribution is 6.07. The number of halogens is 4. The van der Waals surface area contributed by atoms with Crippen LogP contribution in [0.3, 0.4) is 0 Å². The number of nitrogens with zero attached hydrogens (tertiary/aromatic N) is 2. The number of hydrogen-bond acceptors (Lipinski definition) is 7. The van der Waals surface area contributed by atoms with Crippen LogP contribution >= 0.6 is 0 Å². The smallest absolute Gasteiger partial charge is 0.419 e. The number of nitrogens with one attached hydrogen (secondary N) is 2. The zero-order chi connectivity index (χ0) is 33.9. The summed E-state index contributed by atoms with van der Waals surface area (Å²) >= 11 is 0. The van der Waals surface area contributed by atoms with Crippen LogP contribution in [0.15, 0.2) is 53.2 Å². The Labute approximate surface area is 273 Å². The SMILES string of the molecule is COC(=O)N1CC2ON=C(c3ccc(OC)c(C(=O)N[C@H]4[C@@H](C(=O)Nc5ccc(F)c(C(F)(F)F)c5)[C@H]5CC[C@@H]4/C5=C\C4CC4)c3)C2C1. The molecule has 4 fully saturated rings. The van der Waals surface area contributed by atoms with Crippen LogP contribution in [-0.2, 0) is 20.5 Å². The number of amides is 3. The molecule has 14 heteroatoms. The average molecular weight is 671 g/mol. The Balaban J connectivity index is 1.15. The van der Waals surface area contributed by atoms with Gasteiger partial charge in [0.15, 0.2) is 6.10 Å². The van der Waals surface area contributed by atoms with Crippen molar-refractivity contribution in [2.45, 2.75) is 44.0 Å². The van der Waals surface area contributed by atoms with Crippen LogP contribution in [0.25, 0.3) is 0 Å². The number of oxime groups is 1. The van der Waals surface area contributed by atoms with E-state index in [-0.39, 0.29) is 35.1 Å². The van der Waals surface area contributed by atoms with Gasteiger partial charge >= 0.3 is 12.3 Å². The molecule has 7 rings (SSSR count). The maximum atomic E-state index is 14.0. The molecule has 0 radical (unpaired) electrons. The topological polar surface area (TPSA) is 119 Å². The molecule has 2 N–H and O–H groups in total. The quantitative estimate of drug-likeness (QED) is 0.302. The van der Waals surface area contributed by atoms with E-state index in [0.29, 0.717) is 54.6 Å². The molecule has 2 bridgehead atoms. The Bertz CT molecular complexity index is 1720. The van der Waals surface area contributed by atoms with Gasteiger partial charge in [0.1, 0.15) is 11.6 Å². The fourth-order valence-electron chi connectivity index (χ4n) is 7.76. The number of allylic oxidation sites excluding steroid dienone is 1. The number of benzene rings is 2. The van der Waals surface area contributed by atoms with Gasteiger partial charge in [-0.05, 0) is 73.9 Å². The Hall–Kier alpha value is -4.62. The van der Waals surface area contributed by atoms with E-state index in [9.17, 15) is 31.9 Å². The van der Waals surface area contributed by atoms with Gasteiger partial charge in [-0.15, -0.1) is 0 Å². The first-order valence-corrected chi connectivity index (χ1v) is 15.9. The van der Waals surface area contributed by atoms with Gasteiger partial charge in [0.05, 0.1) is 49.4 Å². The van der Waals surface area contributed by atoms with E-state index in [0.717, 1.165) is 30.9 Å². The average Bonchev–Trinajstić information content (AvgIpc) is 3.33. The van der Waals surface area contributed by atoms with Crippen molar-refractivity contribution in [3.05, 3.63) is 70.6 Å². The van der Waals surface area contributed by atoms with Crippen LogP contribution in [0.1, 0.15) is 47.2 Å². The molecule has 48 heavy (non-hydrogen) atoms. The van der Waals surface area contributed by atoms with Crippen molar-refractivity contribution in [3.8, 4) is 5.75 Å². The number of carbonyl (C=O) groups excluding carboxylic acids is 3. The summed E-state index contributed by atoms with van der Waals surface area (Å²) in [6, 6.07) is 6.75. The molecule has 3 saturated carbocycles. The van der Waals surface area contributed by atoms with Gasteiger partial charge in [0.25, 0.3) is 5.91 Å². The molecular formula is C34H34F4N4O6. The van der Waals surface area contributed by atoms with Crippen LogP contribution in [0.5, 0.6) is 5.75 Å². The van der Waals surface area contributed by atoms with E-state index in [1.165, 1.54) is 19.1 Å². The molecule has 2 unspecified atom stereocenters. The summed E-state index contributed by atoms with van der Waals surface area (Å²) in [5, 5.41) is 9.91. The van der Waals surface area contributed by atoms with Gasteiger partial charge in [-0.25, -0.2) is 9.18 Å². The summed E-state index contributed by atoms with van der Waals surface area (Å²) in [7, 11) is 2.74. The Kier molecular flexibility index (Phi) is 8.07. The first kappa shape index (κ1) is 32.0. The molecule has 254 valence electrons. The number of alkyl halides is 3. The maximum absolute atomic E-state index is 14.0. The van der Waals surface area contributed by atoms with Crippen molar-refractivity contribution in [1.82, 2.24) is 10.2 Å². The second-order valence-electron chi connectivity index (χ2n) is 13.0. The minimum atomic E-state index is -4.93. The second kappa shape index (κ2) is 12.1. The second-order valence-corrected chi connectivity index (χ2v) is 13.0. The monoisotopic (exact) mass is 670 g/mol. The number of carbonyl (C=O) groups is 3. The standard InChI is InChI=1S/C34H34F4N4O6/c1-46-26-10-5-17(29-23-14-42(33(45)47-2)15-27(23)48-41-29)12-22(26)31(43)40-30-20-8-7-19(21(20)11-16-3-4-16)28(30)32(44)39-18-6-9-25(35)24(13-18)34(36,37)38/h5-6,9-13,16,19-20,23,27-28,30H,3-4,7-8,14-15H2,1-2H3,(H,39,44)(H,40,43)/b21-11-/t19-,20+,23?,27?,28-,30+/m0/s1. The molecule has 1 saturated heterocycles. The Morgan fingerprint density at radius 3 is 2.48 bits per heavy atom. The van der Waals surface area contributed by atoms with Crippen molar-refractivity contribution in [2.75, 3.05) is 32.6 Å². The fourth-order valence-corrected chi connectivity index (χ4v) is 7.76. The molecule has 10 nitrogen and oxygen atoms in total. The van der Waals surface area contributed by atoms with Crippen molar-refractivity contribution >= 4 is 29.3 Å². The Morgan fingerprint density at radius 2 is 1.77 bits per heavy atom. The molecule has 0 spiro atoms. The third-order valence-electron chi connectivity index (χ3n) is 10.2. The minimum absolute atomic E-state index is 0.125. The van der Waals surface area contributed by atoms with Crippen molar-refractivity contribution in [1.29, 1.82) is 0 Å². The predicted molar refractivity (Wildman–Crippen MR) is 164 cm³/mol.